The van der Waals surface area contributed by atoms with Crippen LogP contribution in [0.1, 0.15) is 66.2 Å². The normalized spacial score (nSPS) is 19.0. The molecule has 2 unspecified atom stereocenters. The molecule has 27 heavy (non-hydrogen) atoms. The molecule has 0 aromatic heterocycles. The molecule has 1 fully saturated rings. The zero-order valence-electron chi connectivity index (χ0n) is 17.5. The monoisotopic (exact) mass is 382 g/mol. The highest BCUT2D eigenvalue weighted by Crippen LogP contribution is 2.30. The molecule has 1 saturated heterocycles. The summed E-state index contributed by atoms with van der Waals surface area (Å²) in [5, 5.41) is 5.78. The average Bonchev–Trinajstić information content (AvgIpc) is 2.71. The molecule has 1 heterocycles. The molecule has 0 aromatic rings. The second kappa shape index (κ2) is 12.9. The lowest BCUT2D eigenvalue weighted by Crippen LogP contribution is -2.40. The molecule has 2 amide bonds. The maximum absolute atomic E-state index is 12.3. The molecular weight excluding hydrogens is 344 g/mol. The van der Waals surface area contributed by atoms with E-state index in [1.165, 1.54) is 0 Å². The van der Waals surface area contributed by atoms with Gasteiger partial charge in [-0.05, 0) is 45.4 Å². The van der Waals surface area contributed by atoms with Gasteiger partial charge in [0.05, 0.1) is 12.7 Å². The number of carbonyl (C=O) groups is 2. The Morgan fingerprint density at radius 3 is 2.30 bits per heavy atom. The van der Waals surface area contributed by atoms with Gasteiger partial charge in [0.1, 0.15) is 6.10 Å². The molecule has 2 N–H and O–H groups in total. The van der Waals surface area contributed by atoms with Crippen LogP contribution in [0.15, 0.2) is 12.2 Å². The molecule has 156 valence electrons. The molecule has 1 aliphatic rings. The molecule has 0 saturated carbocycles. The number of amides is 2. The fourth-order valence-corrected chi connectivity index (χ4v) is 3.31. The highest BCUT2D eigenvalue weighted by molar-refractivity contribution is 5.82. The van der Waals surface area contributed by atoms with Crippen LogP contribution in [0.2, 0.25) is 0 Å². The van der Waals surface area contributed by atoms with Crippen LogP contribution < -0.4 is 10.6 Å². The molecule has 0 radical (unpaired) electrons. The molecule has 0 aromatic carbocycles. The van der Waals surface area contributed by atoms with Crippen LogP contribution in [-0.4, -0.2) is 50.3 Å². The summed E-state index contributed by atoms with van der Waals surface area (Å²) < 4.78 is 11.2. The molecule has 0 spiro atoms. The van der Waals surface area contributed by atoms with E-state index >= 15 is 0 Å². The van der Waals surface area contributed by atoms with Crippen LogP contribution in [0.3, 0.4) is 0 Å². The SMILES string of the molecule is CCC(CC)(CC)C(=O)NC/C=C/CNC(=O)C(C)OCC1CCCCO1. The summed E-state index contributed by atoms with van der Waals surface area (Å²) in [6.07, 6.45) is 9.12. The largest absolute Gasteiger partial charge is 0.376 e. The lowest BCUT2D eigenvalue weighted by atomic mass is 9.79. The molecule has 1 aliphatic heterocycles. The number of hydrogen-bond donors (Lipinski definition) is 2. The van der Waals surface area contributed by atoms with Crippen molar-refractivity contribution in [2.75, 3.05) is 26.3 Å². The minimum absolute atomic E-state index is 0.107. The first-order valence-electron chi connectivity index (χ1n) is 10.4. The summed E-state index contributed by atoms with van der Waals surface area (Å²) in [6.45, 7) is 10.1. The second-order valence-corrected chi connectivity index (χ2v) is 7.23. The number of rotatable bonds is 12. The number of ether oxygens (including phenoxy) is 2. The third kappa shape index (κ3) is 8.01. The predicted molar refractivity (Wildman–Crippen MR) is 107 cm³/mol. The summed E-state index contributed by atoms with van der Waals surface area (Å²) in [7, 11) is 0. The maximum Gasteiger partial charge on any atom is 0.249 e. The van der Waals surface area contributed by atoms with E-state index in [-0.39, 0.29) is 23.3 Å². The van der Waals surface area contributed by atoms with Crippen LogP contribution >= 0.6 is 0 Å². The van der Waals surface area contributed by atoms with Crippen molar-refractivity contribution in [1.29, 1.82) is 0 Å². The van der Waals surface area contributed by atoms with Gasteiger partial charge in [-0.2, -0.15) is 0 Å². The van der Waals surface area contributed by atoms with Crippen molar-refractivity contribution in [3.8, 4) is 0 Å². The van der Waals surface area contributed by atoms with Gasteiger partial charge in [0.15, 0.2) is 0 Å². The van der Waals surface area contributed by atoms with E-state index in [2.05, 4.69) is 31.4 Å². The Labute approximate surface area is 164 Å². The number of nitrogens with one attached hydrogen (secondary N) is 2. The third-order valence-electron chi connectivity index (χ3n) is 5.63. The molecular formula is C21H38N2O4. The van der Waals surface area contributed by atoms with Gasteiger partial charge in [0, 0.05) is 25.1 Å². The van der Waals surface area contributed by atoms with Gasteiger partial charge in [-0.15, -0.1) is 0 Å². The average molecular weight is 383 g/mol. The van der Waals surface area contributed by atoms with Gasteiger partial charge >= 0.3 is 0 Å². The molecule has 6 heteroatoms. The Hall–Kier alpha value is -1.40. The topological polar surface area (TPSA) is 76.7 Å². The van der Waals surface area contributed by atoms with Crippen molar-refractivity contribution in [2.24, 2.45) is 5.41 Å². The maximum atomic E-state index is 12.3. The van der Waals surface area contributed by atoms with E-state index in [0.29, 0.717) is 19.7 Å². The summed E-state index contributed by atoms with van der Waals surface area (Å²) in [6, 6.07) is 0. The number of carbonyl (C=O) groups excluding carboxylic acids is 2. The minimum atomic E-state index is -0.497. The lowest BCUT2D eigenvalue weighted by molar-refractivity contribution is -0.135. The minimum Gasteiger partial charge on any atom is -0.376 e. The molecule has 1 rings (SSSR count). The molecule has 2 atom stereocenters. The first-order chi connectivity index (χ1) is 13.0. The van der Waals surface area contributed by atoms with Gasteiger partial charge in [-0.1, -0.05) is 32.9 Å². The summed E-state index contributed by atoms with van der Waals surface area (Å²) in [5.41, 5.74) is -0.267. The van der Waals surface area contributed by atoms with Crippen molar-refractivity contribution >= 4 is 11.8 Å². The highest BCUT2D eigenvalue weighted by Gasteiger charge is 2.32. The van der Waals surface area contributed by atoms with Gasteiger partial charge < -0.3 is 20.1 Å². The first kappa shape index (κ1) is 23.6. The second-order valence-electron chi connectivity index (χ2n) is 7.23. The van der Waals surface area contributed by atoms with Crippen molar-refractivity contribution < 1.29 is 19.1 Å². The highest BCUT2D eigenvalue weighted by atomic mass is 16.5. The van der Waals surface area contributed by atoms with E-state index in [9.17, 15) is 9.59 Å². The number of hydrogen-bond acceptors (Lipinski definition) is 4. The van der Waals surface area contributed by atoms with Crippen molar-refractivity contribution in [2.45, 2.75) is 78.4 Å². The van der Waals surface area contributed by atoms with Gasteiger partial charge in [-0.25, -0.2) is 0 Å². The Balaban J connectivity index is 2.19. The third-order valence-corrected chi connectivity index (χ3v) is 5.63. The van der Waals surface area contributed by atoms with Crippen molar-refractivity contribution in [3.63, 3.8) is 0 Å². The molecule has 6 nitrogen and oxygen atoms in total. The summed E-state index contributed by atoms with van der Waals surface area (Å²) >= 11 is 0. The summed E-state index contributed by atoms with van der Waals surface area (Å²) in [4.78, 5) is 24.4. The van der Waals surface area contributed by atoms with Crippen molar-refractivity contribution in [3.05, 3.63) is 12.2 Å². The Bertz CT molecular complexity index is 461. The van der Waals surface area contributed by atoms with Crippen LogP contribution in [0.4, 0.5) is 0 Å². The van der Waals surface area contributed by atoms with E-state index in [0.717, 1.165) is 45.1 Å². The lowest BCUT2D eigenvalue weighted by Gasteiger charge is -2.28. The van der Waals surface area contributed by atoms with E-state index in [1.54, 1.807) is 6.92 Å². The molecule has 0 aliphatic carbocycles. The fourth-order valence-electron chi connectivity index (χ4n) is 3.31. The van der Waals surface area contributed by atoms with Crippen LogP contribution in [0, 0.1) is 5.41 Å². The van der Waals surface area contributed by atoms with Gasteiger partial charge in [0.25, 0.3) is 0 Å². The predicted octanol–water partition coefficient (Wildman–Crippen LogP) is 2.97. The van der Waals surface area contributed by atoms with Crippen LogP contribution in [0.5, 0.6) is 0 Å². The quantitative estimate of drug-likeness (QED) is 0.509. The smallest absolute Gasteiger partial charge is 0.249 e. The first-order valence-corrected chi connectivity index (χ1v) is 10.4. The van der Waals surface area contributed by atoms with E-state index < -0.39 is 6.10 Å². The Morgan fingerprint density at radius 2 is 1.74 bits per heavy atom. The Kier molecular flexibility index (Phi) is 11.3. The van der Waals surface area contributed by atoms with Crippen LogP contribution in [-0.2, 0) is 19.1 Å². The van der Waals surface area contributed by atoms with Crippen LogP contribution in [0.25, 0.3) is 0 Å². The Morgan fingerprint density at radius 1 is 1.11 bits per heavy atom. The summed E-state index contributed by atoms with van der Waals surface area (Å²) in [5.74, 6) is -0.0305. The zero-order valence-corrected chi connectivity index (χ0v) is 17.5. The van der Waals surface area contributed by atoms with Gasteiger partial charge in [0.2, 0.25) is 11.8 Å². The van der Waals surface area contributed by atoms with Gasteiger partial charge in [-0.3, -0.25) is 9.59 Å². The fraction of sp³-hybridized carbons (Fsp3) is 0.810. The standard InChI is InChI=1S/C21H38N2O4/c1-5-21(6-2,7-3)20(25)23-14-10-9-13-22-19(24)17(4)27-16-18-12-8-11-15-26-18/h9-10,17-18H,5-8,11-16H2,1-4H3,(H,22,24)(H,23,25)/b10-9+. The van der Waals surface area contributed by atoms with E-state index in [4.69, 9.17) is 9.47 Å². The zero-order chi connectivity index (χ0) is 20.1. The molecule has 0 bridgehead atoms. The van der Waals surface area contributed by atoms with Crippen molar-refractivity contribution in [1.82, 2.24) is 10.6 Å². The van der Waals surface area contributed by atoms with E-state index in [1.807, 2.05) is 12.2 Å².